The minimum atomic E-state index is 0.289. The second-order valence-electron chi connectivity index (χ2n) is 4.28. The molecule has 3 atom stereocenters. The van der Waals surface area contributed by atoms with Crippen molar-refractivity contribution >= 4 is 23.2 Å². The van der Waals surface area contributed by atoms with Crippen molar-refractivity contribution in [2.45, 2.75) is 37.5 Å². The molecule has 6 heteroatoms. The van der Waals surface area contributed by atoms with Crippen LogP contribution in [0.3, 0.4) is 0 Å². The Labute approximate surface area is 98.4 Å². The molecule has 2 aliphatic heterocycles. The number of fused-ring (bicyclic) bond motifs is 2. The Morgan fingerprint density at radius 2 is 2.31 bits per heavy atom. The molecule has 2 fully saturated rings. The van der Waals surface area contributed by atoms with Gasteiger partial charge in [-0.25, -0.2) is 9.97 Å². The molecule has 16 heavy (non-hydrogen) atoms. The summed E-state index contributed by atoms with van der Waals surface area (Å²) in [6.45, 7) is 0. The zero-order valence-corrected chi connectivity index (χ0v) is 9.44. The molecule has 0 aromatic carbocycles. The predicted octanol–water partition coefficient (Wildman–Crippen LogP) is 1.44. The van der Waals surface area contributed by atoms with Crippen LogP contribution in [0.2, 0.25) is 5.02 Å². The predicted molar refractivity (Wildman–Crippen MR) is 61.4 cm³/mol. The second kappa shape index (κ2) is 3.75. The Hall–Kier alpha value is -1.07. The summed E-state index contributed by atoms with van der Waals surface area (Å²) in [6.07, 6.45) is 5.41. The lowest BCUT2D eigenvalue weighted by Gasteiger charge is -2.21. The highest BCUT2D eigenvalue weighted by Gasteiger charge is 2.41. The largest absolute Gasteiger partial charge is 0.382 e. The number of nitrogens with two attached hydrogens (primary N) is 1. The average molecular weight is 241 g/mol. The normalized spacial score (nSPS) is 31.9. The highest BCUT2D eigenvalue weighted by atomic mass is 35.5. The van der Waals surface area contributed by atoms with Crippen molar-refractivity contribution in [1.82, 2.24) is 9.97 Å². The molecule has 0 spiro atoms. The fourth-order valence-corrected chi connectivity index (χ4v) is 2.60. The molecule has 1 aromatic rings. The van der Waals surface area contributed by atoms with Gasteiger partial charge in [-0.15, -0.1) is 0 Å². The summed E-state index contributed by atoms with van der Waals surface area (Å²) in [5.74, 6) is 0.915. The maximum Gasteiger partial charge on any atom is 0.150 e. The number of rotatable bonds is 2. The SMILES string of the molecule is Nc1ncnc(NC2CC3CCC2O3)c1Cl. The van der Waals surface area contributed by atoms with E-state index in [4.69, 9.17) is 22.1 Å². The first-order valence-corrected chi connectivity index (χ1v) is 5.80. The molecule has 3 rings (SSSR count). The quantitative estimate of drug-likeness (QED) is 0.819. The number of ether oxygens (including phenoxy) is 1. The van der Waals surface area contributed by atoms with Crippen molar-refractivity contribution in [2.75, 3.05) is 11.1 Å². The van der Waals surface area contributed by atoms with Crippen LogP contribution in [0.15, 0.2) is 6.33 Å². The average Bonchev–Trinajstić information content (AvgIpc) is 2.86. The van der Waals surface area contributed by atoms with Gasteiger partial charge in [-0.2, -0.15) is 0 Å². The van der Waals surface area contributed by atoms with Gasteiger partial charge in [0.05, 0.1) is 18.2 Å². The number of hydrogen-bond acceptors (Lipinski definition) is 5. The minimum absolute atomic E-state index is 0.289. The second-order valence-corrected chi connectivity index (χ2v) is 4.66. The van der Waals surface area contributed by atoms with E-state index in [9.17, 15) is 0 Å². The zero-order chi connectivity index (χ0) is 11.1. The van der Waals surface area contributed by atoms with E-state index in [0.29, 0.717) is 28.8 Å². The summed E-state index contributed by atoms with van der Waals surface area (Å²) in [4.78, 5) is 7.92. The van der Waals surface area contributed by atoms with Crippen LogP contribution in [0.25, 0.3) is 0 Å². The Morgan fingerprint density at radius 1 is 1.44 bits per heavy atom. The van der Waals surface area contributed by atoms with Gasteiger partial charge in [-0.05, 0) is 19.3 Å². The molecular weight excluding hydrogens is 228 g/mol. The van der Waals surface area contributed by atoms with Crippen LogP contribution in [0, 0.1) is 0 Å². The van der Waals surface area contributed by atoms with Gasteiger partial charge >= 0.3 is 0 Å². The van der Waals surface area contributed by atoms with Crippen molar-refractivity contribution < 1.29 is 4.74 Å². The maximum atomic E-state index is 6.02. The summed E-state index contributed by atoms with van der Waals surface area (Å²) in [5.41, 5.74) is 5.62. The van der Waals surface area contributed by atoms with E-state index in [-0.39, 0.29) is 6.10 Å². The number of nitrogens with zero attached hydrogens (tertiary/aromatic N) is 2. The highest BCUT2D eigenvalue weighted by Crippen LogP contribution is 2.36. The first kappa shape index (κ1) is 10.1. The van der Waals surface area contributed by atoms with Gasteiger partial charge in [0.15, 0.2) is 5.82 Å². The van der Waals surface area contributed by atoms with Gasteiger partial charge < -0.3 is 15.8 Å². The first-order valence-electron chi connectivity index (χ1n) is 5.42. The van der Waals surface area contributed by atoms with Crippen LogP contribution in [0.4, 0.5) is 11.6 Å². The molecule has 2 aliphatic rings. The highest BCUT2D eigenvalue weighted by molar-refractivity contribution is 6.35. The third kappa shape index (κ3) is 1.60. The molecule has 2 saturated heterocycles. The van der Waals surface area contributed by atoms with Crippen LogP contribution in [0.1, 0.15) is 19.3 Å². The summed E-state index contributed by atoms with van der Waals surface area (Å²) in [5, 5.41) is 3.69. The molecule has 5 nitrogen and oxygen atoms in total. The monoisotopic (exact) mass is 240 g/mol. The number of anilines is 2. The van der Waals surface area contributed by atoms with Crippen LogP contribution >= 0.6 is 11.6 Å². The first-order chi connectivity index (χ1) is 7.74. The van der Waals surface area contributed by atoms with Crippen molar-refractivity contribution in [3.63, 3.8) is 0 Å². The smallest absolute Gasteiger partial charge is 0.150 e. The summed E-state index contributed by atoms with van der Waals surface area (Å²) >= 11 is 6.02. The van der Waals surface area contributed by atoms with Gasteiger partial charge in [-0.3, -0.25) is 0 Å². The van der Waals surface area contributed by atoms with E-state index in [1.807, 2.05) is 0 Å². The molecule has 2 bridgehead atoms. The van der Waals surface area contributed by atoms with Gasteiger partial charge in [0.2, 0.25) is 0 Å². The van der Waals surface area contributed by atoms with Gasteiger partial charge in [0, 0.05) is 0 Å². The lowest BCUT2D eigenvalue weighted by molar-refractivity contribution is 0.102. The van der Waals surface area contributed by atoms with Crippen molar-refractivity contribution in [3.05, 3.63) is 11.3 Å². The van der Waals surface area contributed by atoms with E-state index in [2.05, 4.69) is 15.3 Å². The third-order valence-corrected chi connectivity index (χ3v) is 3.62. The van der Waals surface area contributed by atoms with E-state index in [0.717, 1.165) is 12.8 Å². The molecule has 3 unspecified atom stereocenters. The molecular formula is C10H13ClN4O. The van der Waals surface area contributed by atoms with Crippen LogP contribution < -0.4 is 11.1 Å². The van der Waals surface area contributed by atoms with E-state index < -0.39 is 0 Å². The number of nitrogens with one attached hydrogen (secondary N) is 1. The van der Waals surface area contributed by atoms with E-state index in [1.165, 1.54) is 12.7 Å². The zero-order valence-electron chi connectivity index (χ0n) is 8.69. The molecule has 0 radical (unpaired) electrons. The summed E-state index contributed by atoms with van der Waals surface area (Å²) < 4.78 is 5.75. The molecule has 3 heterocycles. The van der Waals surface area contributed by atoms with Crippen LogP contribution in [-0.2, 0) is 4.74 Å². The van der Waals surface area contributed by atoms with Gasteiger partial charge in [0.1, 0.15) is 17.2 Å². The Balaban J connectivity index is 1.77. The Morgan fingerprint density at radius 3 is 3.00 bits per heavy atom. The lowest BCUT2D eigenvalue weighted by Crippen LogP contribution is -2.31. The van der Waals surface area contributed by atoms with Crippen LogP contribution in [-0.4, -0.2) is 28.2 Å². The van der Waals surface area contributed by atoms with Crippen molar-refractivity contribution in [2.24, 2.45) is 0 Å². The standard InChI is InChI=1S/C10H13ClN4O/c11-8-9(12)13-4-14-10(8)15-6-3-5-1-2-7(6)16-5/h4-7H,1-3H2,(H3,12,13,14,15). The summed E-state index contributed by atoms with van der Waals surface area (Å²) in [6, 6.07) is 0.297. The Kier molecular flexibility index (Phi) is 2.37. The molecule has 1 aromatic heterocycles. The summed E-state index contributed by atoms with van der Waals surface area (Å²) in [7, 11) is 0. The third-order valence-electron chi connectivity index (χ3n) is 3.24. The molecule has 0 amide bonds. The number of hydrogen-bond donors (Lipinski definition) is 2. The molecule has 0 aliphatic carbocycles. The molecule has 86 valence electrons. The lowest BCUT2D eigenvalue weighted by atomic mass is 9.95. The number of nitrogen functional groups attached to an aromatic ring is 1. The van der Waals surface area contributed by atoms with Crippen molar-refractivity contribution in [1.29, 1.82) is 0 Å². The number of aromatic nitrogens is 2. The molecule has 3 N–H and O–H groups in total. The maximum absolute atomic E-state index is 6.02. The van der Waals surface area contributed by atoms with Gasteiger partial charge in [-0.1, -0.05) is 11.6 Å². The molecule has 0 saturated carbocycles. The fourth-order valence-electron chi connectivity index (χ4n) is 2.45. The van der Waals surface area contributed by atoms with Gasteiger partial charge in [0.25, 0.3) is 0 Å². The Bertz CT molecular complexity index is 414. The van der Waals surface area contributed by atoms with Crippen molar-refractivity contribution in [3.8, 4) is 0 Å². The van der Waals surface area contributed by atoms with E-state index >= 15 is 0 Å². The minimum Gasteiger partial charge on any atom is -0.382 e. The van der Waals surface area contributed by atoms with Crippen LogP contribution in [0.5, 0.6) is 0 Å². The topological polar surface area (TPSA) is 73.1 Å². The van der Waals surface area contributed by atoms with E-state index in [1.54, 1.807) is 0 Å². The number of halogens is 1. The fraction of sp³-hybridized carbons (Fsp3) is 0.600.